The molecule has 6 heteroatoms. The maximum absolute atomic E-state index is 14.5. The number of aliphatic hydroxyl groups is 1. The molecule has 1 aliphatic heterocycles. The van der Waals surface area contributed by atoms with Crippen LogP contribution in [0.25, 0.3) is 0 Å². The number of aryl methyl sites for hydroxylation is 1. The van der Waals surface area contributed by atoms with Gasteiger partial charge in [-0.1, -0.05) is 31.5 Å². The van der Waals surface area contributed by atoms with E-state index < -0.39 is 5.41 Å². The highest BCUT2D eigenvalue weighted by Gasteiger charge is 2.38. The third-order valence-corrected chi connectivity index (χ3v) is 4.76. The minimum absolute atomic E-state index is 0. The van der Waals surface area contributed by atoms with E-state index in [-0.39, 0.29) is 30.9 Å². The summed E-state index contributed by atoms with van der Waals surface area (Å²) >= 11 is 6.41. The zero-order valence-electron chi connectivity index (χ0n) is 13.3. The van der Waals surface area contributed by atoms with Crippen LogP contribution < -0.4 is 5.32 Å². The molecule has 1 saturated heterocycles. The maximum Gasteiger partial charge on any atom is 0.129 e. The van der Waals surface area contributed by atoms with E-state index in [2.05, 4.69) is 10.2 Å². The molecular weight excluding hydrogens is 326 g/mol. The average molecular weight is 351 g/mol. The van der Waals surface area contributed by atoms with Gasteiger partial charge in [0, 0.05) is 49.8 Å². The Morgan fingerprint density at radius 3 is 2.50 bits per heavy atom. The van der Waals surface area contributed by atoms with Crippen LogP contribution in [0.5, 0.6) is 0 Å². The van der Waals surface area contributed by atoms with Crippen molar-refractivity contribution >= 4 is 24.0 Å². The van der Waals surface area contributed by atoms with Gasteiger partial charge in [-0.3, -0.25) is 4.90 Å². The minimum atomic E-state index is -0.477. The SMILES string of the molecule is Cc1ccc(F)c([C@@H](N2CCNCC2)C(C)(C)CO)c1Cl.Cl. The number of nitrogens with zero attached hydrogens (tertiary/aromatic N) is 1. The maximum atomic E-state index is 14.5. The van der Waals surface area contributed by atoms with Crippen molar-refractivity contribution in [1.29, 1.82) is 0 Å². The van der Waals surface area contributed by atoms with Crippen LogP contribution in [0.4, 0.5) is 4.39 Å². The van der Waals surface area contributed by atoms with E-state index >= 15 is 0 Å². The normalized spacial score (nSPS) is 17.9. The molecule has 126 valence electrons. The monoisotopic (exact) mass is 350 g/mol. The van der Waals surface area contributed by atoms with Crippen molar-refractivity contribution in [2.24, 2.45) is 5.41 Å². The molecule has 0 amide bonds. The Hall–Kier alpha value is -0.390. The van der Waals surface area contributed by atoms with Gasteiger partial charge >= 0.3 is 0 Å². The molecule has 0 spiro atoms. The van der Waals surface area contributed by atoms with E-state index in [0.29, 0.717) is 10.6 Å². The molecule has 1 aromatic carbocycles. The second kappa shape index (κ2) is 7.93. The second-order valence-corrected chi connectivity index (χ2v) is 6.81. The Labute approximate surface area is 143 Å². The van der Waals surface area contributed by atoms with Crippen molar-refractivity contribution < 1.29 is 9.50 Å². The minimum Gasteiger partial charge on any atom is -0.396 e. The van der Waals surface area contributed by atoms with Crippen LogP contribution in [-0.2, 0) is 0 Å². The number of benzene rings is 1. The predicted octanol–water partition coefficient (Wildman–Crippen LogP) is 3.17. The molecule has 2 rings (SSSR count). The molecule has 3 nitrogen and oxygen atoms in total. The van der Waals surface area contributed by atoms with Crippen molar-refractivity contribution in [3.05, 3.63) is 34.1 Å². The molecule has 1 aromatic rings. The van der Waals surface area contributed by atoms with Crippen LogP contribution in [-0.4, -0.2) is 42.8 Å². The Morgan fingerprint density at radius 1 is 1.36 bits per heavy atom. The Kier molecular flexibility index (Phi) is 7.09. The molecule has 1 fully saturated rings. The summed E-state index contributed by atoms with van der Waals surface area (Å²) in [7, 11) is 0. The number of nitrogens with one attached hydrogen (secondary N) is 1. The van der Waals surface area contributed by atoms with Gasteiger partial charge in [-0.05, 0) is 18.6 Å². The zero-order chi connectivity index (χ0) is 15.6. The molecule has 0 aliphatic carbocycles. The summed E-state index contributed by atoms with van der Waals surface area (Å²) < 4.78 is 14.5. The van der Waals surface area contributed by atoms with Gasteiger partial charge < -0.3 is 10.4 Å². The molecule has 0 saturated carbocycles. The third-order valence-electron chi connectivity index (χ3n) is 4.26. The number of hydrogen-bond donors (Lipinski definition) is 2. The highest BCUT2D eigenvalue weighted by Crippen LogP contribution is 2.43. The van der Waals surface area contributed by atoms with Crippen molar-refractivity contribution in [2.45, 2.75) is 26.8 Å². The first kappa shape index (κ1) is 19.7. The lowest BCUT2D eigenvalue weighted by Gasteiger charge is -2.44. The van der Waals surface area contributed by atoms with Crippen LogP contribution in [0.2, 0.25) is 5.02 Å². The highest BCUT2D eigenvalue weighted by molar-refractivity contribution is 6.32. The van der Waals surface area contributed by atoms with Gasteiger partial charge in [0.15, 0.2) is 0 Å². The molecule has 1 aliphatic rings. The van der Waals surface area contributed by atoms with Crippen LogP contribution in [0.3, 0.4) is 0 Å². The molecule has 2 N–H and O–H groups in total. The number of rotatable bonds is 4. The van der Waals surface area contributed by atoms with Crippen LogP contribution in [0.1, 0.15) is 31.0 Å². The molecule has 22 heavy (non-hydrogen) atoms. The number of aliphatic hydroxyl groups excluding tert-OH is 1. The van der Waals surface area contributed by atoms with E-state index in [9.17, 15) is 9.50 Å². The Morgan fingerprint density at radius 2 is 1.95 bits per heavy atom. The second-order valence-electron chi connectivity index (χ2n) is 6.43. The Bertz CT molecular complexity index is 505. The van der Waals surface area contributed by atoms with Gasteiger partial charge in [-0.2, -0.15) is 0 Å². The van der Waals surface area contributed by atoms with Gasteiger partial charge in [-0.15, -0.1) is 12.4 Å². The molecule has 0 bridgehead atoms. The van der Waals surface area contributed by atoms with Crippen molar-refractivity contribution in [3.8, 4) is 0 Å². The quantitative estimate of drug-likeness (QED) is 0.875. The molecule has 0 unspecified atom stereocenters. The zero-order valence-corrected chi connectivity index (χ0v) is 14.9. The average Bonchev–Trinajstić information content (AvgIpc) is 2.48. The summed E-state index contributed by atoms with van der Waals surface area (Å²) in [5.41, 5.74) is 0.898. The van der Waals surface area contributed by atoms with Gasteiger partial charge in [0.2, 0.25) is 0 Å². The molecule has 1 heterocycles. The highest BCUT2D eigenvalue weighted by atomic mass is 35.5. The molecular formula is C16H25Cl2FN2O. The lowest BCUT2D eigenvalue weighted by atomic mass is 9.79. The largest absolute Gasteiger partial charge is 0.396 e. The van der Waals surface area contributed by atoms with E-state index in [1.807, 2.05) is 20.8 Å². The van der Waals surface area contributed by atoms with Crippen LogP contribution in [0.15, 0.2) is 12.1 Å². The van der Waals surface area contributed by atoms with Gasteiger partial charge in [-0.25, -0.2) is 4.39 Å². The van der Waals surface area contributed by atoms with Crippen molar-refractivity contribution in [3.63, 3.8) is 0 Å². The Balaban J connectivity index is 0.00000242. The standard InChI is InChI=1S/C16H24ClFN2O.ClH/c1-11-4-5-12(18)13(14(11)17)15(16(2,3)10-21)20-8-6-19-7-9-20;/h4-5,15,19,21H,6-10H2,1-3H3;1H/t15-;/m1./s1. The van der Waals surface area contributed by atoms with Crippen molar-refractivity contribution in [1.82, 2.24) is 10.2 Å². The summed E-state index contributed by atoms with van der Waals surface area (Å²) in [6.07, 6.45) is 0. The lowest BCUT2D eigenvalue weighted by molar-refractivity contribution is 0.0287. The fourth-order valence-electron chi connectivity index (χ4n) is 3.02. The number of piperazine rings is 1. The first-order chi connectivity index (χ1) is 9.88. The predicted molar refractivity (Wildman–Crippen MR) is 91.4 cm³/mol. The smallest absolute Gasteiger partial charge is 0.129 e. The molecule has 1 atom stereocenters. The van der Waals surface area contributed by atoms with Crippen LogP contribution in [0, 0.1) is 18.2 Å². The summed E-state index contributed by atoms with van der Waals surface area (Å²) in [6.45, 7) is 9.13. The van der Waals surface area contributed by atoms with Gasteiger partial charge in [0.25, 0.3) is 0 Å². The van der Waals surface area contributed by atoms with Crippen molar-refractivity contribution in [2.75, 3.05) is 32.8 Å². The topological polar surface area (TPSA) is 35.5 Å². The first-order valence-electron chi connectivity index (χ1n) is 7.38. The van der Waals surface area contributed by atoms with Crippen LogP contribution >= 0.6 is 24.0 Å². The summed E-state index contributed by atoms with van der Waals surface area (Å²) in [4.78, 5) is 2.22. The summed E-state index contributed by atoms with van der Waals surface area (Å²) in [6, 6.07) is 2.93. The van der Waals surface area contributed by atoms with E-state index in [1.165, 1.54) is 6.07 Å². The summed E-state index contributed by atoms with van der Waals surface area (Å²) in [5, 5.41) is 13.6. The summed E-state index contributed by atoms with van der Waals surface area (Å²) in [5.74, 6) is -0.296. The van der Waals surface area contributed by atoms with E-state index in [4.69, 9.17) is 11.6 Å². The molecule has 0 aromatic heterocycles. The van der Waals surface area contributed by atoms with E-state index in [0.717, 1.165) is 31.7 Å². The first-order valence-corrected chi connectivity index (χ1v) is 7.76. The number of hydrogen-bond acceptors (Lipinski definition) is 3. The molecule has 0 radical (unpaired) electrons. The fraction of sp³-hybridized carbons (Fsp3) is 0.625. The third kappa shape index (κ3) is 3.92. The van der Waals surface area contributed by atoms with Gasteiger partial charge in [0.05, 0.1) is 5.02 Å². The van der Waals surface area contributed by atoms with E-state index in [1.54, 1.807) is 6.07 Å². The van der Waals surface area contributed by atoms with Gasteiger partial charge in [0.1, 0.15) is 5.82 Å². The number of halogens is 3. The lowest BCUT2D eigenvalue weighted by Crippen LogP contribution is -2.50. The fourth-order valence-corrected chi connectivity index (χ4v) is 3.28.